The first kappa shape index (κ1) is 8.41. The highest BCUT2D eigenvalue weighted by atomic mass is 32.2. The van der Waals surface area contributed by atoms with Crippen molar-refractivity contribution in [1.82, 2.24) is 0 Å². The van der Waals surface area contributed by atoms with Crippen molar-refractivity contribution in [2.45, 2.75) is 43.1 Å². The fraction of sp³-hybridized carbons (Fsp3) is 1.00. The van der Waals surface area contributed by atoms with Crippen molar-refractivity contribution in [3.05, 3.63) is 0 Å². The Balaban J connectivity index is 2.11. The van der Waals surface area contributed by atoms with E-state index in [9.17, 15) is 0 Å². The van der Waals surface area contributed by atoms with E-state index in [0.29, 0.717) is 5.25 Å². The molecule has 1 aliphatic rings. The van der Waals surface area contributed by atoms with E-state index in [-0.39, 0.29) is 0 Å². The van der Waals surface area contributed by atoms with E-state index in [4.69, 9.17) is 5.73 Å². The number of hydrogen-bond donors (Lipinski definition) is 1. The monoisotopic (exact) mass is 159 g/mol. The van der Waals surface area contributed by atoms with Crippen LogP contribution in [0.5, 0.6) is 0 Å². The molecule has 0 radical (unpaired) electrons. The normalized spacial score (nSPS) is 23.4. The van der Waals surface area contributed by atoms with Gasteiger partial charge in [-0.1, -0.05) is 19.8 Å². The Bertz CT molecular complexity index is 89.3. The van der Waals surface area contributed by atoms with Crippen LogP contribution < -0.4 is 5.73 Å². The summed E-state index contributed by atoms with van der Waals surface area (Å²) in [7, 11) is 0. The highest BCUT2D eigenvalue weighted by molar-refractivity contribution is 8.00. The first-order valence-corrected chi connectivity index (χ1v) is 5.12. The second kappa shape index (κ2) is 4.24. The molecule has 0 amide bonds. The van der Waals surface area contributed by atoms with Gasteiger partial charge in [-0.05, 0) is 12.8 Å². The summed E-state index contributed by atoms with van der Waals surface area (Å²) in [5.74, 6) is 0. The summed E-state index contributed by atoms with van der Waals surface area (Å²) in [5, 5.41) is 1.60. The van der Waals surface area contributed by atoms with Gasteiger partial charge in [-0.25, -0.2) is 0 Å². The van der Waals surface area contributed by atoms with Crippen LogP contribution in [0.25, 0.3) is 0 Å². The number of hydrogen-bond acceptors (Lipinski definition) is 2. The molecule has 2 heteroatoms. The van der Waals surface area contributed by atoms with Gasteiger partial charge in [-0.2, -0.15) is 11.8 Å². The Kier molecular flexibility index (Phi) is 3.57. The maximum atomic E-state index is 5.53. The van der Waals surface area contributed by atoms with Crippen LogP contribution in [0, 0.1) is 0 Å². The fourth-order valence-electron chi connectivity index (χ4n) is 1.41. The first-order chi connectivity index (χ1) is 4.83. The highest BCUT2D eigenvalue weighted by Crippen LogP contribution is 2.31. The average Bonchev–Trinajstić information content (AvgIpc) is 2.40. The lowest BCUT2D eigenvalue weighted by Crippen LogP contribution is -2.15. The molecule has 1 nitrogen and oxygen atoms in total. The smallest absolute Gasteiger partial charge is 0.0144 e. The molecule has 0 bridgehead atoms. The molecular formula is C8H17NS. The Morgan fingerprint density at radius 1 is 1.50 bits per heavy atom. The molecule has 0 saturated heterocycles. The van der Waals surface area contributed by atoms with Crippen LogP contribution in [-0.4, -0.2) is 17.0 Å². The van der Waals surface area contributed by atoms with Gasteiger partial charge in [-0.15, -0.1) is 0 Å². The van der Waals surface area contributed by atoms with Crippen molar-refractivity contribution in [2.24, 2.45) is 5.73 Å². The third kappa shape index (κ3) is 2.51. The summed E-state index contributed by atoms with van der Waals surface area (Å²) in [4.78, 5) is 0. The third-order valence-electron chi connectivity index (χ3n) is 2.06. The highest BCUT2D eigenvalue weighted by Gasteiger charge is 2.17. The van der Waals surface area contributed by atoms with Crippen molar-refractivity contribution >= 4 is 11.8 Å². The Labute approximate surface area is 67.8 Å². The predicted octanol–water partition coefficient (Wildman–Crippen LogP) is 2.01. The standard InChI is InChI=1S/C8H17NS/c1-7(6-9)10-8-4-2-3-5-8/h7-8H,2-6,9H2,1H3. The minimum Gasteiger partial charge on any atom is -0.329 e. The zero-order valence-corrected chi connectivity index (χ0v) is 7.49. The van der Waals surface area contributed by atoms with Gasteiger partial charge in [0.1, 0.15) is 0 Å². The Morgan fingerprint density at radius 3 is 2.60 bits per heavy atom. The van der Waals surface area contributed by atoms with Crippen LogP contribution in [0.1, 0.15) is 32.6 Å². The van der Waals surface area contributed by atoms with Crippen LogP contribution >= 0.6 is 11.8 Å². The Hall–Kier alpha value is 0.310. The molecule has 0 aromatic rings. The molecule has 10 heavy (non-hydrogen) atoms. The van der Waals surface area contributed by atoms with Crippen LogP contribution in [0.3, 0.4) is 0 Å². The number of thioether (sulfide) groups is 1. The summed E-state index contributed by atoms with van der Waals surface area (Å²) in [6, 6.07) is 0. The molecule has 1 atom stereocenters. The topological polar surface area (TPSA) is 26.0 Å². The maximum absolute atomic E-state index is 5.53. The SMILES string of the molecule is CC(CN)SC1CCCC1. The van der Waals surface area contributed by atoms with Crippen LogP contribution in [0.4, 0.5) is 0 Å². The van der Waals surface area contributed by atoms with Crippen molar-refractivity contribution in [1.29, 1.82) is 0 Å². The lowest BCUT2D eigenvalue weighted by atomic mass is 10.4. The van der Waals surface area contributed by atoms with Gasteiger partial charge in [0.25, 0.3) is 0 Å². The molecule has 1 aliphatic carbocycles. The summed E-state index contributed by atoms with van der Waals surface area (Å²) < 4.78 is 0. The maximum Gasteiger partial charge on any atom is 0.0144 e. The van der Waals surface area contributed by atoms with Crippen molar-refractivity contribution in [3.8, 4) is 0 Å². The van der Waals surface area contributed by atoms with E-state index >= 15 is 0 Å². The average molecular weight is 159 g/mol. The lowest BCUT2D eigenvalue weighted by Gasteiger charge is -2.13. The fourth-order valence-corrected chi connectivity index (χ4v) is 2.78. The first-order valence-electron chi connectivity index (χ1n) is 4.18. The number of nitrogens with two attached hydrogens (primary N) is 1. The summed E-state index contributed by atoms with van der Waals surface area (Å²) in [5.41, 5.74) is 5.53. The van der Waals surface area contributed by atoms with Crippen LogP contribution in [0.2, 0.25) is 0 Å². The van der Waals surface area contributed by atoms with Crippen molar-refractivity contribution in [3.63, 3.8) is 0 Å². The molecule has 0 aromatic heterocycles. The molecule has 0 heterocycles. The minimum atomic E-state index is 0.670. The van der Waals surface area contributed by atoms with Crippen LogP contribution in [-0.2, 0) is 0 Å². The molecule has 1 saturated carbocycles. The molecule has 0 aliphatic heterocycles. The molecule has 1 fully saturated rings. The van der Waals surface area contributed by atoms with Crippen molar-refractivity contribution in [2.75, 3.05) is 6.54 Å². The van der Waals surface area contributed by atoms with Gasteiger partial charge in [0.2, 0.25) is 0 Å². The van der Waals surface area contributed by atoms with Crippen molar-refractivity contribution < 1.29 is 0 Å². The summed E-state index contributed by atoms with van der Waals surface area (Å²) in [6.07, 6.45) is 5.73. The van der Waals surface area contributed by atoms with Gasteiger partial charge in [-0.3, -0.25) is 0 Å². The van der Waals surface area contributed by atoms with Gasteiger partial charge >= 0.3 is 0 Å². The summed E-state index contributed by atoms with van der Waals surface area (Å²) in [6.45, 7) is 3.06. The van der Waals surface area contributed by atoms with Gasteiger partial charge < -0.3 is 5.73 Å². The van der Waals surface area contributed by atoms with E-state index in [2.05, 4.69) is 18.7 Å². The quantitative estimate of drug-likeness (QED) is 0.681. The lowest BCUT2D eigenvalue weighted by molar-refractivity contribution is 0.878. The molecule has 1 unspecified atom stereocenters. The molecule has 1 rings (SSSR count). The van der Waals surface area contributed by atoms with E-state index < -0.39 is 0 Å². The van der Waals surface area contributed by atoms with E-state index in [1.54, 1.807) is 0 Å². The molecule has 2 N–H and O–H groups in total. The van der Waals surface area contributed by atoms with Gasteiger partial charge in [0, 0.05) is 17.0 Å². The molecule has 0 spiro atoms. The Morgan fingerprint density at radius 2 is 2.10 bits per heavy atom. The van der Waals surface area contributed by atoms with Gasteiger partial charge in [0.15, 0.2) is 0 Å². The molecule has 60 valence electrons. The zero-order valence-electron chi connectivity index (χ0n) is 6.68. The van der Waals surface area contributed by atoms with Gasteiger partial charge in [0.05, 0.1) is 0 Å². The zero-order chi connectivity index (χ0) is 7.40. The third-order valence-corrected chi connectivity index (χ3v) is 3.57. The van der Waals surface area contributed by atoms with E-state index in [1.165, 1.54) is 25.7 Å². The minimum absolute atomic E-state index is 0.670. The van der Waals surface area contributed by atoms with Crippen LogP contribution in [0.15, 0.2) is 0 Å². The van der Waals surface area contributed by atoms with E-state index in [0.717, 1.165) is 11.8 Å². The molecule has 0 aromatic carbocycles. The summed E-state index contributed by atoms with van der Waals surface area (Å²) >= 11 is 2.08. The second-order valence-electron chi connectivity index (χ2n) is 3.09. The largest absolute Gasteiger partial charge is 0.329 e. The number of rotatable bonds is 3. The predicted molar refractivity (Wildman–Crippen MR) is 48.4 cm³/mol. The second-order valence-corrected chi connectivity index (χ2v) is 4.83. The van der Waals surface area contributed by atoms with E-state index in [1.807, 2.05) is 0 Å². The molecular weight excluding hydrogens is 142 g/mol.